The molecule has 1 aromatic heterocycles. The number of methoxy groups -OCH3 is 1. The Morgan fingerprint density at radius 2 is 2.20 bits per heavy atom. The van der Waals surface area contributed by atoms with Crippen LogP contribution in [0, 0.1) is 12.8 Å². The molecular weight excluding hydrogens is 250 g/mol. The highest BCUT2D eigenvalue weighted by Gasteiger charge is 2.22. The van der Waals surface area contributed by atoms with E-state index in [0.29, 0.717) is 5.92 Å². The lowest BCUT2D eigenvalue weighted by Gasteiger charge is -2.20. The fourth-order valence-corrected chi connectivity index (χ4v) is 2.92. The molecule has 0 radical (unpaired) electrons. The third-order valence-electron chi connectivity index (χ3n) is 4.13. The molecule has 106 valence electrons. The van der Waals surface area contributed by atoms with E-state index in [2.05, 4.69) is 17.6 Å². The first kappa shape index (κ1) is 13.0. The molecule has 2 N–H and O–H groups in total. The van der Waals surface area contributed by atoms with Crippen molar-refractivity contribution in [2.45, 2.75) is 33.2 Å². The molecule has 2 heterocycles. The third-order valence-corrected chi connectivity index (χ3v) is 4.13. The molecule has 4 heteroatoms. The van der Waals surface area contributed by atoms with Crippen LogP contribution in [0.25, 0.3) is 11.3 Å². The van der Waals surface area contributed by atoms with E-state index in [9.17, 15) is 0 Å². The number of hydrogen-bond donors (Lipinski definition) is 1. The van der Waals surface area contributed by atoms with Crippen LogP contribution < -0.4 is 10.5 Å². The van der Waals surface area contributed by atoms with Crippen molar-refractivity contribution in [1.82, 2.24) is 9.55 Å². The number of imidazole rings is 1. The van der Waals surface area contributed by atoms with Crippen LogP contribution in [0.4, 0.5) is 5.82 Å². The van der Waals surface area contributed by atoms with Crippen LogP contribution in [-0.4, -0.2) is 16.7 Å². The van der Waals surface area contributed by atoms with Gasteiger partial charge in [-0.3, -0.25) is 0 Å². The summed E-state index contributed by atoms with van der Waals surface area (Å²) in [6, 6.07) is 6.10. The van der Waals surface area contributed by atoms with E-state index in [-0.39, 0.29) is 0 Å². The van der Waals surface area contributed by atoms with E-state index in [0.717, 1.165) is 47.2 Å². The Balaban J connectivity index is 2.05. The number of aryl methyl sites for hydroxylation is 1. The van der Waals surface area contributed by atoms with Gasteiger partial charge in [0.2, 0.25) is 0 Å². The first-order valence-corrected chi connectivity index (χ1v) is 7.10. The SMILES string of the molecule is COc1ccc(-c2nc3n(c2N)CCC(C)C3)cc1C. The monoisotopic (exact) mass is 271 g/mol. The van der Waals surface area contributed by atoms with Crippen LogP contribution in [0.15, 0.2) is 18.2 Å². The zero-order valence-corrected chi connectivity index (χ0v) is 12.3. The van der Waals surface area contributed by atoms with Crippen molar-refractivity contribution in [2.75, 3.05) is 12.8 Å². The van der Waals surface area contributed by atoms with E-state index in [1.54, 1.807) is 7.11 Å². The molecular formula is C16H21N3O. The Hall–Kier alpha value is -1.97. The Kier molecular flexibility index (Phi) is 3.16. The fourth-order valence-electron chi connectivity index (χ4n) is 2.92. The molecule has 0 fully saturated rings. The minimum Gasteiger partial charge on any atom is -0.496 e. The Bertz CT molecular complexity index is 645. The fraction of sp³-hybridized carbons (Fsp3) is 0.438. The van der Waals surface area contributed by atoms with Gasteiger partial charge in [-0.25, -0.2) is 4.98 Å². The van der Waals surface area contributed by atoms with Gasteiger partial charge in [0, 0.05) is 18.5 Å². The number of nitrogens with zero attached hydrogens (tertiary/aromatic N) is 2. The summed E-state index contributed by atoms with van der Waals surface area (Å²) < 4.78 is 7.47. The molecule has 0 amide bonds. The summed E-state index contributed by atoms with van der Waals surface area (Å²) in [5, 5.41) is 0. The number of rotatable bonds is 2. The van der Waals surface area contributed by atoms with Crippen LogP contribution in [0.3, 0.4) is 0 Å². The molecule has 20 heavy (non-hydrogen) atoms. The van der Waals surface area contributed by atoms with Gasteiger partial charge < -0.3 is 15.0 Å². The number of ether oxygens (including phenoxy) is 1. The number of anilines is 1. The summed E-state index contributed by atoms with van der Waals surface area (Å²) in [4.78, 5) is 4.76. The first-order chi connectivity index (χ1) is 9.60. The summed E-state index contributed by atoms with van der Waals surface area (Å²) in [6.45, 7) is 5.28. The van der Waals surface area contributed by atoms with Crippen LogP contribution in [0.5, 0.6) is 5.75 Å². The Morgan fingerprint density at radius 3 is 2.90 bits per heavy atom. The topological polar surface area (TPSA) is 53.1 Å². The lowest BCUT2D eigenvalue weighted by Crippen LogP contribution is -2.18. The molecule has 2 aromatic rings. The molecule has 0 spiro atoms. The van der Waals surface area contributed by atoms with Gasteiger partial charge in [0.25, 0.3) is 0 Å². The van der Waals surface area contributed by atoms with E-state index < -0.39 is 0 Å². The second kappa shape index (κ2) is 4.85. The zero-order chi connectivity index (χ0) is 14.3. The molecule has 0 saturated heterocycles. The summed E-state index contributed by atoms with van der Waals surface area (Å²) in [5.74, 6) is 3.49. The summed E-state index contributed by atoms with van der Waals surface area (Å²) in [6.07, 6.45) is 2.19. The van der Waals surface area contributed by atoms with Gasteiger partial charge in [-0.2, -0.15) is 0 Å². The highest BCUT2D eigenvalue weighted by molar-refractivity contribution is 5.72. The minimum atomic E-state index is 0.690. The van der Waals surface area contributed by atoms with Crippen molar-refractivity contribution in [3.05, 3.63) is 29.6 Å². The molecule has 1 aliphatic heterocycles. The normalized spacial score (nSPS) is 17.9. The van der Waals surface area contributed by atoms with E-state index in [1.807, 2.05) is 19.1 Å². The third kappa shape index (κ3) is 2.05. The van der Waals surface area contributed by atoms with Gasteiger partial charge in [-0.15, -0.1) is 0 Å². The molecule has 1 atom stereocenters. The summed E-state index contributed by atoms with van der Waals surface area (Å²) in [7, 11) is 1.69. The lowest BCUT2D eigenvalue weighted by atomic mass is 10.0. The first-order valence-electron chi connectivity index (χ1n) is 7.10. The average molecular weight is 271 g/mol. The van der Waals surface area contributed by atoms with Gasteiger partial charge in [-0.1, -0.05) is 6.92 Å². The largest absolute Gasteiger partial charge is 0.496 e. The van der Waals surface area contributed by atoms with E-state index in [1.165, 1.54) is 6.42 Å². The van der Waals surface area contributed by atoms with Crippen LogP contribution >= 0.6 is 0 Å². The number of hydrogen-bond acceptors (Lipinski definition) is 3. The maximum atomic E-state index is 6.29. The van der Waals surface area contributed by atoms with Gasteiger partial charge in [0.05, 0.1) is 7.11 Å². The number of benzene rings is 1. The Morgan fingerprint density at radius 1 is 1.40 bits per heavy atom. The van der Waals surface area contributed by atoms with Crippen LogP contribution in [0.1, 0.15) is 24.7 Å². The second-order valence-corrected chi connectivity index (χ2v) is 5.70. The van der Waals surface area contributed by atoms with Gasteiger partial charge in [0.1, 0.15) is 23.1 Å². The van der Waals surface area contributed by atoms with Crippen molar-refractivity contribution in [2.24, 2.45) is 5.92 Å². The highest BCUT2D eigenvalue weighted by Crippen LogP contribution is 2.33. The summed E-state index contributed by atoms with van der Waals surface area (Å²) >= 11 is 0. The number of nitrogens with two attached hydrogens (primary N) is 1. The van der Waals surface area contributed by atoms with Gasteiger partial charge in [0.15, 0.2) is 0 Å². The maximum Gasteiger partial charge on any atom is 0.131 e. The van der Waals surface area contributed by atoms with Crippen LogP contribution in [0.2, 0.25) is 0 Å². The molecule has 0 bridgehead atoms. The average Bonchev–Trinajstić information content (AvgIpc) is 2.75. The minimum absolute atomic E-state index is 0.690. The van der Waals surface area contributed by atoms with Gasteiger partial charge >= 0.3 is 0 Å². The predicted molar refractivity (Wildman–Crippen MR) is 80.8 cm³/mol. The smallest absolute Gasteiger partial charge is 0.131 e. The second-order valence-electron chi connectivity index (χ2n) is 5.70. The summed E-state index contributed by atoms with van der Waals surface area (Å²) in [5.41, 5.74) is 9.36. The van der Waals surface area contributed by atoms with Crippen LogP contribution in [-0.2, 0) is 13.0 Å². The molecule has 1 unspecified atom stereocenters. The van der Waals surface area contributed by atoms with E-state index >= 15 is 0 Å². The van der Waals surface area contributed by atoms with Gasteiger partial charge in [-0.05, 0) is 43.0 Å². The number of nitrogen functional groups attached to an aromatic ring is 1. The van der Waals surface area contributed by atoms with Crippen molar-refractivity contribution in [3.8, 4) is 17.0 Å². The Labute approximate surface area is 119 Å². The molecule has 1 aliphatic rings. The molecule has 0 saturated carbocycles. The maximum absolute atomic E-state index is 6.29. The van der Waals surface area contributed by atoms with Crippen molar-refractivity contribution in [1.29, 1.82) is 0 Å². The molecule has 0 aliphatic carbocycles. The quantitative estimate of drug-likeness (QED) is 0.913. The number of fused-ring (bicyclic) bond motifs is 1. The van der Waals surface area contributed by atoms with Crippen molar-refractivity contribution >= 4 is 5.82 Å². The van der Waals surface area contributed by atoms with E-state index in [4.69, 9.17) is 15.5 Å². The highest BCUT2D eigenvalue weighted by atomic mass is 16.5. The molecule has 4 nitrogen and oxygen atoms in total. The molecule has 3 rings (SSSR count). The molecule has 1 aromatic carbocycles. The standard InChI is InChI=1S/C16H21N3O/c1-10-6-7-19-14(8-10)18-15(16(19)17)12-4-5-13(20-3)11(2)9-12/h4-5,9-10H,6-8,17H2,1-3H3. The number of aromatic nitrogens is 2. The van der Waals surface area contributed by atoms with Crippen molar-refractivity contribution in [3.63, 3.8) is 0 Å². The zero-order valence-electron chi connectivity index (χ0n) is 12.3. The van der Waals surface area contributed by atoms with Crippen molar-refractivity contribution < 1.29 is 4.74 Å². The lowest BCUT2D eigenvalue weighted by molar-refractivity contribution is 0.412. The predicted octanol–water partition coefficient (Wildman–Crippen LogP) is 3.03.